The molecule has 1 aromatic carbocycles. The molecule has 0 aliphatic heterocycles. The van der Waals surface area contributed by atoms with Crippen molar-refractivity contribution in [2.75, 3.05) is 6.61 Å². The summed E-state index contributed by atoms with van der Waals surface area (Å²) >= 11 is 0. The predicted octanol–water partition coefficient (Wildman–Crippen LogP) is 1.76. The van der Waals surface area contributed by atoms with Gasteiger partial charge < -0.3 is 14.5 Å². The summed E-state index contributed by atoms with van der Waals surface area (Å²) in [6.07, 6.45) is 1.75. The highest BCUT2D eigenvalue weighted by atomic mass is 16.5. The molecule has 1 aromatic heterocycles. The third-order valence-corrected chi connectivity index (χ3v) is 4.22. The van der Waals surface area contributed by atoms with E-state index >= 15 is 0 Å². The lowest BCUT2D eigenvalue weighted by Gasteiger charge is -2.22. The minimum Gasteiger partial charge on any atom is -0.452 e. The van der Waals surface area contributed by atoms with Crippen LogP contribution in [-0.4, -0.2) is 24.0 Å². The first-order chi connectivity index (χ1) is 11.9. The summed E-state index contributed by atoms with van der Waals surface area (Å²) in [6, 6.07) is 10.2. The van der Waals surface area contributed by atoms with Gasteiger partial charge in [0, 0.05) is 5.39 Å². The zero-order valence-electron chi connectivity index (χ0n) is 13.6. The van der Waals surface area contributed by atoms with E-state index in [1.807, 2.05) is 0 Å². The molecular formula is C18H16N2O5. The SMILES string of the molecule is C[C@@](C#N)(NC(=O)COC(=O)c1cc2ccccc2oc1=O)C1CC1. The van der Waals surface area contributed by atoms with E-state index in [4.69, 9.17) is 9.15 Å². The van der Waals surface area contributed by atoms with E-state index in [9.17, 15) is 19.6 Å². The Morgan fingerprint density at radius 1 is 1.40 bits per heavy atom. The molecule has 7 heteroatoms. The Bertz CT molecular complexity index is 938. The second kappa shape index (κ2) is 6.40. The van der Waals surface area contributed by atoms with Crippen LogP contribution >= 0.6 is 0 Å². The molecule has 1 amide bonds. The number of esters is 1. The second-order valence-corrected chi connectivity index (χ2v) is 6.20. The lowest BCUT2D eigenvalue weighted by atomic mass is 9.98. The number of carbonyl (C=O) groups is 2. The van der Waals surface area contributed by atoms with E-state index in [-0.39, 0.29) is 11.5 Å². The van der Waals surface area contributed by atoms with Gasteiger partial charge in [0.15, 0.2) is 6.61 Å². The maximum Gasteiger partial charge on any atom is 0.351 e. The molecule has 0 bridgehead atoms. The molecule has 0 radical (unpaired) electrons. The van der Waals surface area contributed by atoms with Crippen molar-refractivity contribution in [2.45, 2.75) is 25.3 Å². The van der Waals surface area contributed by atoms with E-state index < -0.39 is 29.6 Å². The highest BCUT2D eigenvalue weighted by molar-refractivity contribution is 5.94. The molecule has 1 fully saturated rings. The Morgan fingerprint density at radius 2 is 2.12 bits per heavy atom. The number of fused-ring (bicyclic) bond motifs is 1. The highest BCUT2D eigenvalue weighted by Gasteiger charge is 2.43. The number of nitriles is 1. The number of nitrogens with zero attached hydrogens (tertiary/aromatic N) is 1. The second-order valence-electron chi connectivity index (χ2n) is 6.20. The van der Waals surface area contributed by atoms with Crippen LogP contribution in [0.3, 0.4) is 0 Å². The van der Waals surface area contributed by atoms with Crippen molar-refractivity contribution in [3.63, 3.8) is 0 Å². The van der Waals surface area contributed by atoms with Crippen LogP contribution in [0, 0.1) is 17.2 Å². The minimum absolute atomic E-state index is 0.115. The number of carbonyl (C=O) groups excluding carboxylic acids is 2. The standard InChI is InChI=1S/C18H16N2O5/c1-18(10-19,12-6-7-12)20-15(21)9-24-16(22)13-8-11-4-2-3-5-14(11)25-17(13)23/h2-5,8,12H,6-7,9H2,1H3,(H,20,21)/t18-/m0/s1. The summed E-state index contributed by atoms with van der Waals surface area (Å²) < 4.78 is 9.95. The average Bonchev–Trinajstić information content (AvgIpc) is 3.44. The normalized spacial score (nSPS) is 15.8. The van der Waals surface area contributed by atoms with Crippen molar-refractivity contribution in [3.05, 3.63) is 46.3 Å². The summed E-state index contributed by atoms with van der Waals surface area (Å²) in [7, 11) is 0. The van der Waals surface area contributed by atoms with Gasteiger partial charge in [-0.1, -0.05) is 18.2 Å². The van der Waals surface area contributed by atoms with Crippen LogP contribution in [0.4, 0.5) is 0 Å². The van der Waals surface area contributed by atoms with E-state index in [1.165, 1.54) is 6.07 Å². The lowest BCUT2D eigenvalue weighted by molar-refractivity contribution is -0.125. The van der Waals surface area contributed by atoms with Gasteiger partial charge in [-0.15, -0.1) is 0 Å². The summed E-state index contributed by atoms with van der Waals surface area (Å²) in [4.78, 5) is 35.9. The molecule has 1 aliphatic carbocycles. The first kappa shape index (κ1) is 16.7. The number of benzene rings is 1. The molecule has 0 unspecified atom stereocenters. The van der Waals surface area contributed by atoms with Crippen molar-refractivity contribution < 1.29 is 18.7 Å². The Balaban J connectivity index is 1.66. The van der Waals surface area contributed by atoms with Crippen LogP contribution in [-0.2, 0) is 9.53 Å². The quantitative estimate of drug-likeness (QED) is 0.656. The Hall–Kier alpha value is -3.14. The summed E-state index contributed by atoms with van der Waals surface area (Å²) in [5.74, 6) is -1.42. The molecule has 1 atom stereocenters. The first-order valence-corrected chi connectivity index (χ1v) is 7.85. The largest absolute Gasteiger partial charge is 0.452 e. The number of amides is 1. The molecule has 0 spiro atoms. The van der Waals surface area contributed by atoms with Crippen LogP contribution in [0.25, 0.3) is 11.0 Å². The number of ether oxygens (including phenoxy) is 1. The molecule has 1 saturated carbocycles. The average molecular weight is 340 g/mol. The van der Waals surface area contributed by atoms with Crippen LogP contribution in [0.1, 0.15) is 30.1 Å². The van der Waals surface area contributed by atoms with Gasteiger partial charge >= 0.3 is 11.6 Å². The number of para-hydroxylation sites is 1. The fourth-order valence-electron chi connectivity index (χ4n) is 2.62. The molecule has 2 aromatic rings. The highest BCUT2D eigenvalue weighted by Crippen LogP contribution is 2.39. The smallest absolute Gasteiger partial charge is 0.351 e. The van der Waals surface area contributed by atoms with Gasteiger partial charge in [-0.25, -0.2) is 9.59 Å². The van der Waals surface area contributed by atoms with Gasteiger partial charge in [0.25, 0.3) is 5.91 Å². The maximum atomic E-state index is 12.1. The van der Waals surface area contributed by atoms with Crippen molar-refractivity contribution in [1.82, 2.24) is 5.32 Å². The van der Waals surface area contributed by atoms with Gasteiger partial charge in [0.2, 0.25) is 0 Å². The van der Waals surface area contributed by atoms with E-state index in [0.717, 1.165) is 12.8 Å². The molecule has 3 rings (SSSR count). The van der Waals surface area contributed by atoms with Crippen molar-refractivity contribution in [3.8, 4) is 6.07 Å². The Kier molecular flexibility index (Phi) is 4.28. The monoisotopic (exact) mass is 340 g/mol. The van der Waals surface area contributed by atoms with Crippen LogP contribution in [0.15, 0.2) is 39.5 Å². The molecule has 1 aliphatic rings. The molecule has 25 heavy (non-hydrogen) atoms. The van der Waals surface area contributed by atoms with Crippen molar-refractivity contribution in [1.29, 1.82) is 5.26 Å². The van der Waals surface area contributed by atoms with Gasteiger partial charge in [-0.05, 0) is 37.8 Å². The Morgan fingerprint density at radius 3 is 2.80 bits per heavy atom. The minimum atomic E-state index is -0.967. The third kappa shape index (κ3) is 3.53. The van der Waals surface area contributed by atoms with E-state index in [2.05, 4.69) is 11.4 Å². The molecule has 1 heterocycles. The molecular weight excluding hydrogens is 324 g/mol. The topological polar surface area (TPSA) is 109 Å². The van der Waals surface area contributed by atoms with Gasteiger partial charge in [0.1, 0.15) is 16.7 Å². The van der Waals surface area contributed by atoms with Crippen LogP contribution in [0.5, 0.6) is 0 Å². The first-order valence-electron chi connectivity index (χ1n) is 7.85. The van der Waals surface area contributed by atoms with Gasteiger partial charge in [0.05, 0.1) is 6.07 Å². The van der Waals surface area contributed by atoms with Crippen molar-refractivity contribution in [2.24, 2.45) is 5.92 Å². The third-order valence-electron chi connectivity index (χ3n) is 4.22. The summed E-state index contributed by atoms with van der Waals surface area (Å²) in [6.45, 7) is 1.07. The number of nitrogens with one attached hydrogen (secondary N) is 1. The zero-order chi connectivity index (χ0) is 18.0. The molecule has 128 valence electrons. The zero-order valence-corrected chi connectivity index (χ0v) is 13.6. The van der Waals surface area contributed by atoms with Crippen LogP contribution < -0.4 is 10.9 Å². The number of hydrogen-bond acceptors (Lipinski definition) is 6. The summed E-state index contributed by atoms with van der Waals surface area (Å²) in [5, 5.41) is 12.4. The van der Waals surface area contributed by atoms with E-state index in [1.54, 1.807) is 31.2 Å². The van der Waals surface area contributed by atoms with Gasteiger partial charge in [-0.2, -0.15) is 5.26 Å². The van der Waals surface area contributed by atoms with E-state index in [0.29, 0.717) is 11.0 Å². The number of hydrogen-bond donors (Lipinski definition) is 1. The predicted molar refractivity (Wildman–Crippen MR) is 87.7 cm³/mol. The van der Waals surface area contributed by atoms with Crippen molar-refractivity contribution >= 4 is 22.8 Å². The number of rotatable bonds is 5. The molecule has 7 nitrogen and oxygen atoms in total. The fraction of sp³-hybridized carbons (Fsp3) is 0.333. The molecule has 0 saturated heterocycles. The summed E-state index contributed by atoms with van der Waals surface area (Å²) in [5.41, 5.74) is -1.72. The van der Waals surface area contributed by atoms with Crippen LogP contribution in [0.2, 0.25) is 0 Å². The fourth-order valence-corrected chi connectivity index (χ4v) is 2.62. The van der Waals surface area contributed by atoms with Gasteiger partial charge in [-0.3, -0.25) is 4.79 Å². The molecule has 1 N–H and O–H groups in total. The maximum absolute atomic E-state index is 12.1. The lowest BCUT2D eigenvalue weighted by Crippen LogP contribution is -2.48. The Labute approximate surface area is 143 Å².